The fraction of sp³-hybridized carbons (Fsp3) is 0.308. The van der Waals surface area contributed by atoms with Gasteiger partial charge in [-0.05, 0) is 31.0 Å². The number of hydrogen-bond donors (Lipinski definition) is 2. The van der Waals surface area contributed by atoms with Gasteiger partial charge in [0.05, 0.1) is 5.75 Å². The number of aliphatic carboxylic acids is 1. The number of nitrogens with zero attached hydrogens (tertiary/aromatic N) is 2. The second-order valence-corrected chi connectivity index (χ2v) is 6.63. The molecule has 0 saturated heterocycles. The molecule has 0 radical (unpaired) electrons. The molecule has 0 aliphatic heterocycles. The second-order valence-electron chi connectivity index (χ2n) is 4.43. The fourth-order valence-electron chi connectivity index (χ4n) is 1.69. The van der Waals surface area contributed by atoms with Crippen molar-refractivity contribution in [2.24, 2.45) is 0 Å². The molecule has 112 valence electrons. The Morgan fingerprint density at radius 3 is 2.81 bits per heavy atom. The Hall–Kier alpha value is -1.67. The van der Waals surface area contributed by atoms with Crippen molar-refractivity contribution in [3.8, 4) is 0 Å². The molecule has 0 spiro atoms. The van der Waals surface area contributed by atoms with E-state index in [9.17, 15) is 9.18 Å². The molecule has 0 saturated carbocycles. The van der Waals surface area contributed by atoms with Gasteiger partial charge in [0.1, 0.15) is 5.82 Å². The van der Waals surface area contributed by atoms with Crippen molar-refractivity contribution in [2.75, 3.05) is 11.1 Å². The molecule has 0 fully saturated rings. The van der Waals surface area contributed by atoms with Gasteiger partial charge in [0, 0.05) is 6.04 Å². The third kappa shape index (κ3) is 5.31. The first-order valence-corrected chi connectivity index (χ1v) is 8.02. The van der Waals surface area contributed by atoms with E-state index in [4.69, 9.17) is 5.11 Å². The average Bonchev–Trinajstić information content (AvgIpc) is 2.86. The van der Waals surface area contributed by atoms with E-state index in [1.165, 1.54) is 23.5 Å². The lowest BCUT2D eigenvalue weighted by Gasteiger charge is -2.12. The summed E-state index contributed by atoms with van der Waals surface area (Å²) in [5, 5.41) is 20.3. The normalized spacial score (nSPS) is 12.1. The Morgan fingerprint density at radius 1 is 1.43 bits per heavy atom. The number of anilines is 1. The highest BCUT2D eigenvalue weighted by molar-refractivity contribution is 8.01. The smallest absolute Gasteiger partial charge is 0.313 e. The molecule has 2 aromatic rings. The van der Waals surface area contributed by atoms with Crippen LogP contribution in [0.2, 0.25) is 0 Å². The Balaban J connectivity index is 1.86. The quantitative estimate of drug-likeness (QED) is 0.762. The van der Waals surface area contributed by atoms with Crippen LogP contribution in [-0.4, -0.2) is 33.1 Å². The highest BCUT2D eigenvalue weighted by atomic mass is 32.2. The molecular formula is C13H14FN3O2S2. The predicted octanol–water partition coefficient (Wildman–Crippen LogP) is 2.90. The van der Waals surface area contributed by atoms with E-state index >= 15 is 0 Å². The summed E-state index contributed by atoms with van der Waals surface area (Å²) in [6.45, 7) is 1.99. The number of benzene rings is 1. The first-order chi connectivity index (χ1) is 10.0. The molecular weight excluding hydrogens is 313 g/mol. The van der Waals surface area contributed by atoms with Crippen molar-refractivity contribution in [1.82, 2.24) is 10.2 Å². The standard InChI is InChI=1S/C13H14FN3O2S2/c1-8(6-9-2-4-10(14)5-3-9)15-12-16-17-13(21-12)20-7-11(18)19/h2-5,8H,6-7H2,1H3,(H,15,16)(H,18,19). The fourth-order valence-corrected chi connectivity index (χ4v) is 3.27. The van der Waals surface area contributed by atoms with Gasteiger partial charge in [-0.25, -0.2) is 4.39 Å². The van der Waals surface area contributed by atoms with E-state index in [0.717, 1.165) is 23.7 Å². The number of thioether (sulfide) groups is 1. The molecule has 1 aromatic heterocycles. The summed E-state index contributed by atoms with van der Waals surface area (Å²) in [6.07, 6.45) is 0.734. The van der Waals surface area contributed by atoms with E-state index in [1.807, 2.05) is 6.92 Å². The molecule has 0 aliphatic carbocycles. The Bertz CT molecular complexity index is 604. The number of aromatic nitrogens is 2. The van der Waals surface area contributed by atoms with Gasteiger partial charge < -0.3 is 10.4 Å². The maximum Gasteiger partial charge on any atom is 0.313 e. The number of carbonyl (C=O) groups is 1. The minimum Gasteiger partial charge on any atom is -0.481 e. The van der Waals surface area contributed by atoms with Crippen LogP contribution in [0.3, 0.4) is 0 Å². The maximum absolute atomic E-state index is 12.8. The third-order valence-corrected chi connectivity index (χ3v) is 4.52. The first kappa shape index (κ1) is 15.7. The van der Waals surface area contributed by atoms with Gasteiger partial charge in [-0.15, -0.1) is 10.2 Å². The summed E-state index contributed by atoms with van der Waals surface area (Å²) in [5.41, 5.74) is 1.03. The van der Waals surface area contributed by atoms with Gasteiger partial charge in [-0.2, -0.15) is 0 Å². The summed E-state index contributed by atoms with van der Waals surface area (Å²) >= 11 is 2.47. The number of nitrogens with one attached hydrogen (secondary N) is 1. The van der Waals surface area contributed by atoms with Crippen LogP contribution in [0.1, 0.15) is 12.5 Å². The lowest BCUT2D eigenvalue weighted by atomic mass is 10.1. The largest absolute Gasteiger partial charge is 0.481 e. The maximum atomic E-state index is 12.8. The van der Waals surface area contributed by atoms with E-state index in [0.29, 0.717) is 9.47 Å². The molecule has 1 atom stereocenters. The highest BCUT2D eigenvalue weighted by Gasteiger charge is 2.10. The summed E-state index contributed by atoms with van der Waals surface area (Å²) in [4.78, 5) is 10.5. The zero-order valence-electron chi connectivity index (χ0n) is 11.2. The summed E-state index contributed by atoms with van der Waals surface area (Å²) < 4.78 is 13.4. The van der Waals surface area contributed by atoms with Gasteiger partial charge in [-0.1, -0.05) is 35.2 Å². The lowest BCUT2D eigenvalue weighted by Crippen LogP contribution is -2.17. The van der Waals surface area contributed by atoms with Crippen molar-refractivity contribution >= 4 is 34.2 Å². The molecule has 0 aliphatic rings. The van der Waals surface area contributed by atoms with Crippen molar-refractivity contribution in [3.05, 3.63) is 35.6 Å². The van der Waals surface area contributed by atoms with Crippen LogP contribution < -0.4 is 5.32 Å². The van der Waals surface area contributed by atoms with Crippen LogP contribution in [0.4, 0.5) is 9.52 Å². The summed E-state index contributed by atoms with van der Waals surface area (Å²) in [6, 6.07) is 6.49. The lowest BCUT2D eigenvalue weighted by molar-refractivity contribution is -0.133. The highest BCUT2D eigenvalue weighted by Crippen LogP contribution is 2.25. The van der Waals surface area contributed by atoms with Crippen molar-refractivity contribution in [1.29, 1.82) is 0 Å². The Morgan fingerprint density at radius 2 is 2.14 bits per heavy atom. The van der Waals surface area contributed by atoms with Crippen molar-refractivity contribution in [2.45, 2.75) is 23.7 Å². The van der Waals surface area contributed by atoms with E-state index in [-0.39, 0.29) is 17.6 Å². The number of rotatable bonds is 7. The van der Waals surface area contributed by atoms with Crippen LogP contribution in [0, 0.1) is 5.82 Å². The number of hydrogen-bond acceptors (Lipinski definition) is 6. The molecule has 5 nitrogen and oxygen atoms in total. The summed E-state index contributed by atoms with van der Waals surface area (Å²) in [5.74, 6) is -1.15. The van der Waals surface area contributed by atoms with Gasteiger partial charge >= 0.3 is 5.97 Å². The molecule has 8 heteroatoms. The molecule has 0 bridgehead atoms. The van der Waals surface area contributed by atoms with Crippen LogP contribution in [0.25, 0.3) is 0 Å². The zero-order chi connectivity index (χ0) is 15.2. The monoisotopic (exact) mass is 327 g/mol. The number of halogens is 1. The molecule has 1 unspecified atom stereocenters. The minimum atomic E-state index is -0.880. The van der Waals surface area contributed by atoms with Gasteiger partial charge in [0.2, 0.25) is 5.13 Å². The molecule has 2 rings (SSSR count). The topological polar surface area (TPSA) is 75.1 Å². The first-order valence-electron chi connectivity index (χ1n) is 6.22. The molecule has 1 heterocycles. The minimum absolute atomic E-state index is 0.0280. The molecule has 21 heavy (non-hydrogen) atoms. The van der Waals surface area contributed by atoms with Crippen molar-refractivity contribution < 1.29 is 14.3 Å². The summed E-state index contributed by atoms with van der Waals surface area (Å²) in [7, 11) is 0. The Labute approximate surface area is 129 Å². The van der Waals surface area contributed by atoms with Crippen LogP contribution >= 0.6 is 23.1 Å². The average molecular weight is 327 g/mol. The van der Waals surface area contributed by atoms with E-state index < -0.39 is 5.97 Å². The van der Waals surface area contributed by atoms with Gasteiger partial charge in [-0.3, -0.25) is 4.79 Å². The molecule has 2 N–H and O–H groups in total. The number of carboxylic acid groups (broad SMARTS) is 1. The zero-order valence-corrected chi connectivity index (χ0v) is 12.9. The number of carboxylic acids is 1. The third-order valence-electron chi connectivity index (χ3n) is 2.55. The van der Waals surface area contributed by atoms with Crippen LogP contribution in [-0.2, 0) is 11.2 Å². The SMILES string of the molecule is CC(Cc1ccc(F)cc1)Nc1nnc(SCC(=O)O)s1. The molecule has 1 aromatic carbocycles. The van der Waals surface area contributed by atoms with Crippen molar-refractivity contribution in [3.63, 3.8) is 0 Å². The van der Waals surface area contributed by atoms with Crippen LogP contribution in [0.15, 0.2) is 28.6 Å². The second kappa shape index (κ2) is 7.37. The van der Waals surface area contributed by atoms with E-state index in [1.54, 1.807) is 12.1 Å². The van der Waals surface area contributed by atoms with Gasteiger partial charge in [0.25, 0.3) is 0 Å². The Kier molecular flexibility index (Phi) is 5.51. The van der Waals surface area contributed by atoms with Gasteiger partial charge in [0.15, 0.2) is 4.34 Å². The van der Waals surface area contributed by atoms with E-state index in [2.05, 4.69) is 15.5 Å². The molecule has 0 amide bonds. The van der Waals surface area contributed by atoms with Crippen LogP contribution in [0.5, 0.6) is 0 Å². The predicted molar refractivity (Wildman–Crippen MR) is 81.5 cm³/mol.